The first-order valence-electron chi connectivity index (χ1n) is 10.9. The standard InChI is InChI=1S/C27H18Cl2N2O3/c28-20-14-7-15-21(29)24(20)30-26(32)22-23(19-13-6-9-16-8-4-5-12-18(16)19)31(34-25(22)27(30)33)17-10-2-1-3-11-17/h1-15,22-23,25H/t22-,23+,25-/m1/s1. The van der Waals surface area contributed by atoms with E-state index in [1.54, 1.807) is 23.3 Å². The summed E-state index contributed by atoms with van der Waals surface area (Å²) in [5.41, 5.74) is 1.86. The van der Waals surface area contributed by atoms with Gasteiger partial charge in [0.1, 0.15) is 5.92 Å². The Morgan fingerprint density at radius 1 is 0.706 bits per heavy atom. The van der Waals surface area contributed by atoms with Gasteiger partial charge in [-0.3, -0.25) is 14.4 Å². The summed E-state index contributed by atoms with van der Waals surface area (Å²) in [6.07, 6.45) is -0.996. The van der Waals surface area contributed by atoms with E-state index < -0.39 is 24.0 Å². The molecule has 0 aliphatic carbocycles. The number of carbonyl (C=O) groups excluding carboxylic acids is 2. The predicted molar refractivity (Wildman–Crippen MR) is 133 cm³/mol. The lowest BCUT2D eigenvalue weighted by Gasteiger charge is -2.29. The van der Waals surface area contributed by atoms with Crippen LogP contribution >= 0.6 is 23.2 Å². The number of imide groups is 1. The molecule has 2 fully saturated rings. The van der Waals surface area contributed by atoms with Crippen molar-refractivity contribution in [2.45, 2.75) is 12.1 Å². The molecule has 4 aromatic carbocycles. The second kappa shape index (κ2) is 8.13. The van der Waals surface area contributed by atoms with Crippen molar-refractivity contribution in [3.05, 3.63) is 107 Å². The number of carbonyl (C=O) groups is 2. The highest BCUT2D eigenvalue weighted by Gasteiger charge is 2.61. The van der Waals surface area contributed by atoms with Crippen molar-refractivity contribution in [1.82, 2.24) is 0 Å². The van der Waals surface area contributed by atoms with E-state index in [2.05, 4.69) is 0 Å². The van der Waals surface area contributed by atoms with Crippen molar-refractivity contribution >= 4 is 57.2 Å². The van der Waals surface area contributed by atoms with Gasteiger partial charge in [0, 0.05) is 0 Å². The number of halogens is 2. The maximum Gasteiger partial charge on any atom is 0.266 e. The third-order valence-electron chi connectivity index (χ3n) is 6.43. The number of para-hydroxylation sites is 2. The minimum absolute atomic E-state index is 0.196. The number of fused-ring (bicyclic) bond motifs is 2. The lowest BCUT2D eigenvalue weighted by molar-refractivity contribution is -0.126. The summed E-state index contributed by atoms with van der Waals surface area (Å²) < 4.78 is 0. The van der Waals surface area contributed by atoms with Crippen LogP contribution in [-0.2, 0) is 14.4 Å². The van der Waals surface area contributed by atoms with Crippen LogP contribution in [0, 0.1) is 5.92 Å². The molecule has 0 aromatic heterocycles. The molecule has 2 aliphatic rings. The fourth-order valence-corrected chi connectivity index (χ4v) is 5.53. The highest BCUT2D eigenvalue weighted by molar-refractivity contribution is 6.42. The minimum atomic E-state index is -0.996. The summed E-state index contributed by atoms with van der Waals surface area (Å²) in [4.78, 5) is 34.8. The summed E-state index contributed by atoms with van der Waals surface area (Å²) in [5, 5.41) is 4.19. The van der Waals surface area contributed by atoms with E-state index in [1.165, 1.54) is 0 Å². The van der Waals surface area contributed by atoms with Gasteiger partial charge >= 0.3 is 0 Å². The van der Waals surface area contributed by atoms with Crippen LogP contribution in [0.4, 0.5) is 11.4 Å². The van der Waals surface area contributed by atoms with E-state index in [0.717, 1.165) is 26.9 Å². The van der Waals surface area contributed by atoms with Crippen molar-refractivity contribution in [2.75, 3.05) is 9.96 Å². The van der Waals surface area contributed by atoms with Crippen molar-refractivity contribution < 1.29 is 14.4 Å². The SMILES string of the molecule is O=C1[C@H]2[C@@H](ON(c3ccccc3)[C@H]2c2cccc3ccccc23)C(=O)N1c1c(Cl)cccc1Cl. The molecule has 5 nitrogen and oxygen atoms in total. The minimum Gasteiger partial charge on any atom is -0.273 e. The topological polar surface area (TPSA) is 49.9 Å². The number of hydrogen-bond donors (Lipinski definition) is 0. The number of hydroxylamine groups is 1. The zero-order valence-corrected chi connectivity index (χ0v) is 19.3. The van der Waals surface area contributed by atoms with Crippen LogP contribution in [0.3, 0.4) is 0 Å². The summed E-state index contributed by atoms with van der Waals surface area (Å²) in [6.45, 7) is 0. The number of amides is 2. The second-order valence-corrected chi connectivity index (χ2v) is 9.12. The van der Waals surface area contributed by atoms with Gasteiger partial charge in [-0.1, -0.05) is 89.9 Å². The highest BCUT2D eigenvalue weighted by atomic mass is 35.5. The van der Waals surface area contributed by atoms with Crippen LogP contribution in [0.15, 0.2) is 91.0 Å². The van der Waals surface area contributed by atoms with Crippen molar-refractivity contribution in [3.8, 4) is 0 Å². The maximum atomic E-state index is 13.9. The first-order valence-corrected chi connectivity index (χ1v) is 11.6. The van der Waals surface area contributed by atoms with Gasteiger partial charge in [-0.05, 0) is 40.6 Å². The van der Waals surface area contributed by atoms with E-state index in [0.29, 0.717) is 0 Å². The lowest BCUT2D eigenvalue weighted by atomic mass is 9.87. The first-order chi connectivity index (χ1) is 16.6. The van der Waals surface area contributed by atoms with Gasteiger partial charge in [-0.15, -0.1) is 0 Å². The predicted octanol–water partition coefficient (Wildman–Crippen LogP) is 6.20. The van der Waals surface area contributed by atoms with Gasteiger partial charge in [-0.2, -0.15) is 0 Å². The molecule has 2 heterocycles. The van der Waals surface area contributed by atoms with Gasteiger partial charge in [0.2, 0.25) is 5.91 Å². The normalized spacial score (nSPS) is 22.0. The number of hydrogen-bond acceptors (Lipinski definition) is 4. The largest absolute Gasteiger partial charge is 0.273 e. The zero-order chi connectivity index (χ0) is 23.4. The molecule has 3 atom stereocenters. The van der Waals surface area contributed by atoms with Crippen LogP contribution in [-0.4, -0.2) is 17.9 Å². The highest BCUT2D eigenvalue weighted by Crippen LogP contribution is 2.50. The molecule has 2 amide bonds. The van der Waals surface area contributed by atoms with E-state index in [9.17, 15) is 9.59 Å². The number of benzene rings is 4. The van der Waals surface area contributed by atoms with Crippen molar-refractivity contribution in [2.24, 2.45) is 5.92 Å². The average Bonchev–Trinajstić information content (AvgIpc) is 3.36. The molecule has 0 bridgehead atoms. The Bertz CT molecular complexity index is 1420. The van der Waals surface area contributed by atoms with E-state index >= 15 is 0 Å². The number of nitrogens with zero attached hydrogens (tertiary/aromatic N) is 2. The van der Waals surface area contributed by atoms with Gasteiger partial charge in [0.25, 0.3) is 5.91 Å². The number of rotatable bonds is 3. The maximum absolute atomic E-state index is 13.9. The third-order valence-corrected chi connectivity index (χ3v) is 7.04. The molecule has 0 radical (unpaired) electrons. The molecule has 34 heavy (non-hydrogen) atoms. The van der Waals surface area contributed by atoms with Crippen LogP contribution in [0.1, 0.15) is 11.6 Å². The fraction of sp³-hybridized carbons (Fsp3) is 0.111. The molecule has 0 spiro atoms. The summed E-state index contributed by atoms with van der Waals surface area (Å²) in [6, 6.07) is 27.8. The molecule has 6 rings (SSSR count). The van der Waals surface area contributed by atoms with Crippen molar-refractivity contribution in [3.63, 3.8) is 0 Å². The van der Waals surface area contributed by atoms with Gasteiger partial charge in [-0.25, -0.2) is 9.96 Å². The van der Waals surface area contributed by atoms with Gasteiger partial charge in [0.05, 0.1) is 27.5 Å². The molecule has 2 aliphatic heterocycles. The second-order valence-electron chi connectivity index (χ2n) is 8.31. The van der Waals surface area contributed by atoms with E-state index in [-0.39, 0.29) is 21.6 Å². The Morgan fingerprint density at radius 2 is 1.35 bits per heavy atom. The number of anilines is 2. The monoisotopic (exact) mass is 488 g/mol. The van der Waals surface area contributed by atoms with Crippen molar-refractivity contribution in [1.29, 1.82) is 0 Å². The Morgan fingerprint density at radius 3 is 2.12 bits per heavy atom. The molecule has 0 saturated carbocycles. The van der Waals surface area contributed by atoms with Crippen LogP contribution in [0.5, 0.6) is 0 Å². The molecule has 168 valence electrons. The Labute approximate surface area is 206 Å². The Kier molecular flexibility index (Phi) is 5.06. The average molecular weight is 489 g/mol. The molecule has 0 unspecified atom stereocenters. The summed E-state index contributed by atoms with van der Waals surface area (Å²) >= 11 is 12.7. The molecule has 0 N–H and O–H groups in total. The summed E-state index contributed by atoms with van der Waals surface area (Å²) in [7, 11) is 0. The fourth-order valence-electron chi connectivity index (χ4n) is 4.96. The van der Waals surface area contributed by atoms with Crippen LogP contribution in [0.25, 0.3) is 10.8 Å². The van der Waals surface area contributed by atoms with Gasteiger partial charge < -0.3 is 0 Å². The van der Waals surface area contributed by atoms with Gasteiger partial charge in [0.15, 0.2) is 6.10 Å². The van der Waals surface area contributed by atoms with E-state index in [1.807, 2.05) is 72.8 Å². The third kappa shape index (κ3) is 3.12. The Hall–Kier alpha value is -3.38. The molecular weight excluding hydrogens is 471 g/mol. The smallest absolute Gasteiger partial charge is 0.266 e. The Balaban J connectivity index is 1.53. The molecular formula is C27H18Cl2N2O3. The summed E-state index contributed by atoms with van der Waals surface area (Å²) in [5.74, 6) is -1.64. The lowest BCUT2D eigenvalue weighted by Crippen LogP contribution is -2.37. The van der Waals surface area contributed by atoms with Crippen LogP contribution < -0.4 is 9.96 Å². The zero-order valence-electron chi connectivity index (χ0n) is 17.8. The van der Waals surface area contributed by atoms with Crippen LogP contribution in [0.2, 0.25) is 10.0 Å². The first kappa shape index (κ1) is 21.2. The van der Waals surface area contributed by atoms with E-state index in [4.69, 9.17) is 28.0 Å². The molecule has 2 saturated heterocycles. The quantitative estimate of drug-likeness (QED) is 0.322. The molecule has 4 aromatic rings. The molecule has 7 heteroatoms.